The quantitative estimate of drug-likeness (QED) is 0.565. The maximum absolute atomic E-state index is 13.4. The van der Waals surface area contributed by atoms with Crippen molar-refractivity contribution in [2.24, 2.45) is 0 Å². The Kier molecular flexibility index (Phi) is 5.72. The van der Waals surface area contributed by atoms with E-state index in [1.54, 1.807) is 13.8 Å². The fourth-order valence-electron chi connectivity index (χ4n) is 4.66. The molecule has 1 atom stereocenters. The summed E-state index contributed by atoms with van der Waals surface area (Å²) in [6.07, 6.45) is 1.32. The molecule has 0 radical (unpaired) electrons. The van der Waals surface area contributed by atoms with Gasteiger partial charge in [0.2, 0.25) is 10.0 Å². The second-order valence-corrected chi connectivity index (χ2v) is 10.5. The van der Waals surface area contributed by atoms with Gasteiger partial charge in [0.25, 0.3) is 0 Å². The van der Waals surface area contributed by atoms with Gasteiger partial charge in [-0.15, -0.1) is 0 Å². The summed E-state index contributed by atoms with van der Waals surface area (Å²) in [7, 11) is -3.73. The van der Waals surface area contributed by atoms with Gasteiger partial charge in [0.05, 0.1) is 18.4 Å². The van der Waals surface area contributed by atoms with Gasteiger partial charge in [-0.2, -0.15) is 4.31 Å². The van der Waals surface area contributed by atoms with Crippen LogP contribution in [0.15, 0.2) is 39.8 Å². The van der Waals surface area contributed by atoms with Gasteiger partial charge in [-0.25, -0.2) is 8.42 Å². The van der Waals surface area contributed by atoms with Gasteiger partial charge in [0, 0.05) is 31.6 Å². The summed E-state index contributed by atoms with van der Waals surface area (Å²) in [6, 6.07) is 9.68. The van der Waals surface area contributed by atoms with Crippen molar-refractivity contribution in [1.29, 1.82) is 0 Å². The van der Waals surface area contributed by atoms with Crippen LogP contribution >= 0.6 is 0 Å². The minimum absolute atomic E-state index is 0.0681. The third-order valence-corrected chi connectivity index (χ3v) is 8.41. The van der Waals surface area contributed by atoms with Crippen LogP contribution in [0.4, 0.5) is 0 Å². The van der Waals surface area contributed by atoms with E-state index in [1.165, 1.54) is 4.31 Å². The molecule has 8 nitrogen and oxygen atoms in total. The second kappa shape index (κ2) is 8.55. The summed E-state index contributed by atoms with van der Waals surface area (Å²) in [6.45, 7) is 6.74. The van der Waals surface area contributed by atoms with E-state index in [4.69, 9.17) is 19.0 Å². The van der Waals surface area contributed by atoms with Crippen molar-refractivity contribution in [3.63, 3.8) is 0 Å². The third kappa shape index (κ3) is 4.05. The maximum Gasteiger partial charge on any atom is 0.248 e. The summed E-state index contributed by atoms with van der Waals surface area (Å²) in [5, 5.41) is 3.83. The van der Waals surface area contributed by atoms with Crippen LogP contribution in [-0.4, -0.2) is 35.5 Å². The Bertz CT molecular complexity index is 1270. The molecule has 2 aromatic heterocycles. The summed E-state index contributed by atoms with van der Waals surface area (Å²) >= 11 is 0. The third-order valence-electron chi connectivity index (χ3n) is 6.32. The lowest BCUT2D eigenvalue weighted by Gasteiger charge is -2.33. The molecule has 0 saturated heterocycles. The van der Waals surface area contributed by atoms with Gasteiger partial charge in [0.1, 0.15) is 22.9 Å². The van der Waals surface area contributed by atoms with E-state index in [-0.39, 0.29) is 17.5 Å². The number of nitrogens with zero attached hydrogens (tertiary/aromatic N) is 3. The highest BCUT2D eigenvalue weighted by Gasteiger charge is 2.36. The van der Waals surface area contributed by atoms with Crippen LogP contribution in [0.5, 0.6) is 5.75 Å². The molecule has 2 aliphatic heterocycles. The van der Waals surface area contributed by atoms with Crippen LogP contribution in [0.25, 0.3) is 0 Å². The SMILES string of the molecule is Cc1noc(C)c1S(=O)(=O)N1CCc2nc(COc3ccccc3)c3c(c2C1)CO[C@@H](C)C3. The standard InChI is InChI=1S/C24H27N3O5S/c1-15-11-19-21(13-30-15)20-12-27(33(28,29)24-16(2)26-32-17(24)3)10-9-22(20)25-23(19)14-31-18-7-5-4-6-8-18/h4-8,15H,9-14H2,1-3H3/t15-/m0/s1. The fraction of sp³-hybridized carbons (Fsp3) is 0.417. The van der Waals surface area contributed by atoms with Crippen molar-refractivity contribution in [2.45, 2.75) is 64.4 Å². The highest BCUT2D eigenvalue weighted by molar-refractivity contribution is 7.89. The molecule has 0 spiro atoms. The summed E-state index contributed by atoms with van der Waals surface area (Å²) in [5.74, 6) is 1.10. The summed E-state index contributed by atoms with van der Waals surface area (Å²) < 4.78 is 45.4. The number of para-hydroxylation sites is 1. The molecule has 0 bridgehead atoms. The number of hydrogen-bond donors (Lipinski definition) is 0. The number of aromatic nitrogens is 2. The van der Waals surface area contributed by atoms with Gasteiger partial charge >= 0.3 is 0 Å². The molecule has 0 aliphatic carbocycles. The van der Waals surface area contributed by atoms with Crippen LogP contribution in [0.3, 0.4) is 0 Å². The Balaban J connectivity index is 1.49. The predicted octanol–water partition coefficient (Wildman–Crippen LogP) is 3.47. The lowest BCUT2D eigenvalue weighted by atomic mass is 9.91. The first-order valence-corrected chi connectivity index (χ1v) is 12.5. The average molecular weight is 470 g/mol. The minimum Gasteiger partial charge on any atom is -0.487 e. The van der Waals surface area contributed by atoms with E-state index in [1.807, 2.05) is 37.3 Å². The van der Waals surface area contributed by atoms with Crippen molar-refractivity contribution in [1.82, 2.24) is 14.4 Å². The average Bonchev–Trinajstić information content (AvgIpc) is 3.16. The van der Waals surface area contributed by atoms with Crippen molar-refractivity contribution in [3.05, 3.63) is 69.9 Å². The molecule has 0 N–H and O–H groups in total. The van der Waals surface area contributed by atoms with Crippen molar-refractivity contribution in [2.75, 3.05) is 6.54 Å². The molecule has 5 rings (SSSR count). The molecule has 9 heteroatoms. The Morgan fingerprint density at radius 3 is 2.67 bits per heavy atom. The molecule has 174 valence electrons. The van der Waals surface area contributed by atoms with Crippen LogP contribution in [0, 0.1) is 13.8 Å². The first kappa shape index (κ1) is 22.1. The smallest absolute Gasteiger partial charge is 0.248 e. The molecule has 0 fully saturated rings. The van der Waals surface area contributed by atoms with Gasteiger partial charge in [-0.3, -0.25) is 4.98 Å². The lowest BCUT2D eigenvalue weighted by Crippen LogP contribution is -2.38. The van der Waals surface area contributed by atoms with Gasteiger partial charge < -0.3 is 14.0 Å². The van der Waals surface area contributed by atoms with E-state index < -0.39 is 10.0 Å². The highest BCUT2D eigenvalue weighted by atomic mass is 32.2. The Hall–Kier alpha value is -2.75. The lowest BCUT2D eigenvalue weighted by molar-refractivity contribution is 0.0391. The summed E-state index contributed by atoms with van der Waals surface area (Å²) in [5.41, 5.74) is 5.31. The number of aryl methyl sites for hydroxylation is 2. The molecule has 2 aliphatic rings. The second-order valence-electron chi connectivity index (χ2n) is 8.61. The monoisotopic (exact) mass is 469 g/mol. The fourth-order valence-corrected chi connectivity index (χ4v) is 6.36. The van der Waals surface area contributed by atoms with E-state index in [0.29, 0.717) is 37.6 Å². The molecule has 0 amide bonds. The Morgan fingerprint density at radius 1 is 1.15 bits per heavy atom. The molecular weight excluding hydrogens is 442 g/mol. The van der Waals surface area contributed by atoms with E-state index >= 15 is 0 Å². The van der Waals surface area contributed by atoms with Crippen LogP contribution < -0.4 is 4.74 Å². The van der Waals surface area contributed by atoms with Gasteiger partial charge in [-0.1, -0.05) is 23.4 Å². The molecule has 1 aromatic carbocycles. The molecule has 3 aromatic rings. The van der Waals surface area contributed by atoms with E-state index in [9.17, 15) is 8.42 Å². The zero-order chi connectivity index (χ0) is 23.2. The number of benzene rings is 1. The number of sulfonamides is 1. The number of hydrogen-bond acceptors (Lipinski definition) is 7. The van der Waals surface area contributed by atoms with Crippen LogP contribution in [0.1, 0.15) is 46.5 Å². The first-order valence-electron chi connectivity index (χ1n) is 11.1. The molecule has 0 unspecified atom stereocenters. The van der Waals surface area contributed by atoms with Crippen LogP contribution in [-0.2, 0) is 47.4 Å². The largest absolute Gasteiger partial charge is 0.487 e. The zero-order valence-electron chi connectivity index (χ0n) is 19.0. The molecular formula is C24H27N3O5S. The molecule has 33 heavy (non-hydrogen) atoms. The molecule has 4 heterocycles. The normalized spacial score (nSPS) is 18.6. The number of pyridine rings is 1. The van der Waals surface area contributed by atoms with Crippen LogP contribution in [0.2, 0.25) is 0 Å². The molecule has 0 saturated carbocycles. The Labute approximate surface area is 193 Å². The number of fused-ring (bicyclic) bond motifs is 3. The number of rotatable bonds is 5. The van der Waals surface area contributed by atoms with E-state index in [0.717, 1.165) is 40.2 Å². The van der Waals surface area contributed by atoms with Gasteiger partial charge in [0.15, 0.2) is 5.76 Å². The van der Waals surface area contributed by atoms with Crippen molar-refractivity contribution < 1.29 is 22.4 Å². The maximum atomic E-state index is 13.4. The Morgan fingerprint density at radius 2 is 1.94 bits per heavy atom. The topological polar surface area (TPSA) is 94.8 Å². The summed E-state index contributed by atoms with van der Waals surface area (Å²) in [4.78, 5) is 5.12. The minimum atomic E-state index is -3.73. The predicted molar refractivity (Wildman–Crippen MR) is 120 cm³/mol. The zero-order valence-corrected chi connectivity index (χ0v) is 19.8. The van der Waals surface area contributed by atoms with Crippen molar-refractivity contribution in [3.8, 4) is 5.75 Å². The number of ether oxygens (including phenoxy) is 2. The van der Waals surface area contributed by atoms with Gasteiger partial charge in [-0.05, 0) is 49.6 Å². The van der Waals surface area contributed by atoms with E-state index in [2.05, 4.69) is 5.16 Å². The van der Waals surface area contributed by atoms with Crippen molar-refractivity contribution >= 4 is 10.0 Å². The highest BCUT2D eigenvalue weighted by Crippen LogP contribution is 2.34. The first-order chi connectivity index (χ1) is 15.8.